The summed E-state index contributed by atoms with van der Waals surface area (Å²) in [6.07, 6.45) is 1.03. The lowest BCUT2D eigenvalue weighted by Gasteiger charge is -2.23. The molecule has 120 valence electrons. The van der Waals surface area contributed by atoms with Crippen molar-refractivity contribution in [2.75, 3.05) is 44.4 Å². The molecule has 7 heteroatoms. The van der Waals surface area contributed by atoms with Gasteiger partial charge in [-0.05, 0) is 59.4 Å². The van der Waals surface area contributed by atoms with Crippen LogP contribution in [0.25, 0.3) is 0 Å². The lowest BCUT2D eigenvalue weighted by atomic mass is 10.2. The van der Waals surface area contributed by atoms with Crippen molar-refractivity contribution in [1.82, 2.24) is 14.6 Å². The van der Waals surface area contributed by atoms with E-state index in [1.54, 1.807) is 0 Å². The van der Waals surface area contributed by atoms with Gasteiger partial charge in [0.1, 0.15) is 10.6 Å². The zero-order valence-corrected chi connectivity index (χ0v) is 14.5. The van der Waals surface area contributed by atoms with Gasteiger partial charge in [-0.1, -0.05) is 0 Å². The molecule has 0 aliphatic heterocycles. The third-order valence-corrected chi connectivity index (χ3v) is 3.97. The van der Waals surface area contributed by atoms with E-state index in [0.29, 0.717) is 11.4 Å². The van der Waals surface area contributed by atoms with Gasteiger partial charge in [0.15, 0.2) is 5.82 Å². The molecule has 0 saturated heterocycles. The molecule has 0 radical (unpaired) electrons. The van der Waals surface area contributed by atoms with Crippen LogP contribution in [0.3, 0.4) is 0 Å². The molecule has 0 aromatic carbocycles. The van der Waals surface area contributed by atoms with E-state index in [2.05, 4.69) is 40.5 Å². The molecule has 3 N–H and O–H groups in total. The maximum Gasteiger partial charge on any atom is 0.258 e. The van der Waals surface area contributed by atoms with Crippen LogP contribution < -0.4 is 16.0 Å². The predicted molar refractivity (Wildman–Crippen MR) is 90.2 cm³/mol. The highest BCUT2D eigenvalue weighted by Crippen LogP contribution is 2.30. The number of aromatic nitrogens is 1. The Morgan fingerprint density at radius 1 is 1.38 bits per heavy atom. The number of amides is 1. The van der Waals surface area contributed by atoms with E-state index in [0.717, 1.165) is 31.1 Å². The fourth-order valence-corrected chi connectivity index (χ4v) is 2.94. The Bertz CT molecular complexity index is 458. The summed E-state index contributed by atoms with van der Waals surface area (Å²) >= 11 is 1.30. The van der Waals surface area contributed by atoms with Gasteiger partial charge in [0.2, 0.25) is 0 Å². The average Bonchev–Trinajstić information content (AvgIpc) is 2.75. The second-order valence-corrected chi connectivity index (χ2v) is 6.36. The van der Waals surface area contributed by atoms with Crippen molar-refractivity contribution in [3.8, 4) is 0 Å². The van der Waals surface area contributed by atoms with Gasteiger partial charge in [0, 0.05) is 19.1 Å². The van der Waals surface area contributed by atoms with Crippen LogP contribution in [0.2, 0.25) is 0 Å². The second-order valence-electron chi connectivity index (χ2n) is 5.61. The Morgan fingerprint density at radius 3 is 2.57 bits per heavy atom. The molecule has 0 aliphatic carbocycles. The summed E-state index contributed by atoms with van der Waals surface area (Å²) in [4.78, 5) is 16.6. The molecular formula is C14H27N5OS. The van der Waals surface area contributed by atoms with Gasteiger partial charge in [-0.15, -0.1) is 0 Å². The first-order chi connectivity index (χ1) is 9.86. The number of carbonyl (C=O) groups is 1. The summed E-state index contributed by atoms with van der Waals surface area (Å²) in [5.41, 5.74) is 6.41. The zero-order chi connectivity index (χ0) is 16.0. The van der Waals surface area contributed by atoms with Crippen molar-refractivity contribution in [1.29, 1.82) is 0 Å². The largest absolute Gasteiger partial charge is 0.382 e. The highest BCUT2D eigenvalue weighted by Gasteiger charge is 2.23. The van der Waals surface area contributed by atoms with Crippen molar-refractivity contribution < 1.29 is 4.79 Å². The van der Waals surface area contributed by atoms with E-state index < -0.39 is 0 Å². The summed E-state index contributed by atoms with van der Waals surface area (Å²) in [6.45, 7) is 8.67. The maximum absolute atomic E-state index is 12.3. The maximum atomic E-state index is 12.3. The van der Waals surface area contributed by atoms with Crippen LogP contribution in [0, 0.1) is 0 Å². The molecule has 0 aliphatic rings. The quantitative estimate of drug-likeness (QED) is 0.763. The molecule has 0 unspecified atom stereocenters. The van der Waals surface area contributed by atoms with Crippen LogP contribution in [0.15, 0.2) is 0 Å². The van der Waals surface area contributed by atoms with Crippen molar-refractivity contribution in [2.24, 2.45) is 0 Å². The first kappa shape index (κ1) is 17.7. The monoisotopic (exact) mass is 313 g/mol. The number of nitrogen functional groups attached to an aromatic ring is 1. The van der Waals surface area contributed by atoms with Gasteiger partial charge in [0.25, 0.3) is 5.91 Å². The van der Waals surface area contributed by atoms with Crippen LogP contribution in [-0.4, -0.2) is 55.0 Å². The Hall–Kier alpha value is -1.34. The topological polar surface area (TPSA) is 74.5 Å². The smallest absolute Gasteiger partial charge is 0.258 e. The molecule has 21 heavy (non-hydrogen) atoms. The normalized spacial score (nSPS) is 11.2. The van der Waals surface area contributed by atoms with E-state index in [4.69, 9.17) is 5.73 Å². The summed E-state index contributed by atoms with van der Waals surface area (Å²) in [5, 5.41) is 3.76. The van der Waals surface area contributed by atoms with E-state index in [1.807, 2.05) is 13.8 Å². The van der Waals surface area contributed by atoms with Crippen LogP contribution in [-0.2, 0) is 0 Å². The van der Waals surface area contributed by atoms with Gasteiger partial charge in [-0.3, -0.25) is 4.79 Å². The van der Waals surface area contributed by atoms with Gasteiger partial charge in [0.05, 0.1) is 0 Å². The number of carbonyl (C=O) groups excluding carboxylic acids is 1. The first-order valence-corrected chi connectivity index (χ1v) is 8.09. The molecule has 1 rings (SSSR count). The lowest BCUT2D eigenvalue weighted by molar-refractivity contribution is 0.0944. The summed E-state index contributed by atoms with van der Waals surface area (Å²) in [6, 6.07) is 0.0773. The summed E-state index contributed by atoms with van der Waals surface area (Å²) < 4.78 is 4.16. The van der Waals surface area contributed by atoms with Crippen molar-refractivity contribution in [3.05, 3.63) is 5.56 Å². The fraction of sp³-hybridized carbons (Fsp3) is 0.714. The average molecular weight is 313 g/mol. The van der Waals surface area contributed by atoms with Gasteiger partial charge >= 0.3 is 0 Å². The molecule has 0 bridgehead atoms. The van der Waals surface area contributed by atoms with Crippen LogP contribution >= 0.6 is 11.5 Å². The molecule has 0 saturated carbocycles. The molecule has 1 heterocycles. The van der Waals surface area contributed by atoms with Gasteiger partial charge in [-0.2, -0.15) is 4.37 Å². The Labute approximate surface area is 131 Å². The predicted octanol–water partition coefficient (Wildman–Crippen LogP) is 1.64. The number of hydrogen-bond acceptors (Lipinski definition) is 6. The molecule has 6 nitrogen and oxygen atoms in total. The van der Waals surface area contributed by atoms with Crippen LogP contribution in [0.4, 0.5) is 10.8 Å². The number of nitrogens with one attached hydrogen (secondary N) is 1. The molecule has 0 atom stereocenters. The van der Waals surface area contributed by atoms with Crippen LogP contribution in [0.5, 0.6) is 0 Å². The zero-order valence-electron chi connectivity index (χ0n) is 13.6. The first-order valence-electron chi connectivity index (χ1n) is 7.32. The van der Waals surface area contributed by atoms with Crippen molar-refractivity contribution in [2.45, 2.75) is 33.2 Å². The van der Waals surface area contributed by atoms with E-state index >= 15 is 0 Å². The standard InChI is InChI=1S/C14H27N5OS/c1-6-19(9-7-8-18(4)5)14-11(12(15)17-21-14)13(20)16-10(2)3/h10H,6-9H2,1-5H3,(H2,15,17)(H,16,20). The highest BCUT2D eigenvalue weighted by molar-refractivity contribution is 7.11. The van der Waals surface area contributed by atoms with Crippen molar-refractivity contribution >= 4 is 28.3 Å². The van der Waals surface area contributed by atoms with E-state index in [9.17, 15) is 4.79 Å². The number of nitrogens with zero attached hydrogens (tertiary/aromatic N) is 3. The second kappa shape index (κ2) is 8.19. The lowest BCUT2D eigenvalue weighted by Crippen LogP contribution is -2.33. The van der Waals surface area contributed by atoms with Crippen molar-refractivity contribution in [3.63, 3.8) is 0 Å². The molecule has 0 spiro atoms. The minimum Gasteiger partial charge on any atom is -0.382 e. The molecule has 0 fully saturated rings. The van der Waals surface area contributed by atoms with Gasteiger partial charge < -0.3 is 20.9 Å². The summed E-state index contributed by atoms with van der Waals surface area (Å²) in [5.74, 6) is 0.177. The Morgan fingerprint density at radius 2 is 2.05 bits per heavy atom. The van der Waals surface area contributed by atoms with E-state index in [1.165, 1.54) is 11.5 Å². The van der Waals surface area contributed by atoms with Gasteiger partial charge in [-0.25, -0.2) is 0 Å². The van der Waals surface area contributed by atoms with E-state index in [-0.39, 0.29) is 11.9 Å². The fourth-order valence-electron chi connectivity index (χ4n) is 2.04. The highest BCUT2D eigenvalue weighted by atomic mass is 32.1. The minimum atomic E-state index is -0.141. The number of anilines is 2. The molecular weight excluding hydrogens is 286 g/mol. The molecule has 1 amide bonds. The Balaban J connectivity index is 2.87. The molecule has 1 aromatic rings. The number of nitrogens with two attached hydrogens (primary N) is 1. The third kappa shape index (κ3) is 5.17. The number of hydrogen-bond donors (Lipinski definition) is 2. The SMILES string of the molecule is CCN(CCCN(C)C)c1snc(N)c1C(=O)NC(C)C. The minimum absolute atomic E-state index is 0.0773. The third-order valence-electron chi connectivity index (χ3n) is 3.05. The Kier molecular flexibility index (Phi) is 6.91. The summed E-state index contributed by atoms with van der Waals surface area (Å²) in [7, 11) is 4.12. The van der Waals surface area contributed by atoms with Crippen LogP contribution in [0.1, 0.15) is 37.6 Å². The molecule has 1 aromatic heterocycles. The number of rotatable bonds is 8.